The normalized spacial score (nSPS) is 17.8. The first-order chi connectivity index (χ1) is 13.3. The maximum Gasteiger partial charge on any atom is 0.248 e. The van der Waals surface area contributed by atoms with E-state index in [1.54, 1.807) is 6.08 Å². The summed E-state index contributed by atoms with van der Waals surface area (Å²) in [5, 5.41) is 2.97. The van der Waals surface area contributed by atoms with E-state index in [0.29, 0.717) is 0 Å². The number of allylic oxidation sites excluding steroid dienone is 1. The predicted molar refractivity (Wildman–Crippen MR) is 103 cm³/mol. The summed E-state index contributed by atoms with van der Waals surface area (Å²) in [5.74, 6) is 2.39. The van der Waals surface area contributed by atoms with Crippen LogP contribution in [0.3, 0.4) is 0 Å². The van der Waals surface area contributed by atoms with Gasteiger partial charge in [-0.1, -0.05) is 18.2 Å². The molecular formula is C22H17N3O2. The lowest BCUT2D eigenvalue weighted by molar-refractivity contribution is -0.115. The Morgan fingerprint density at radius 2 is 1.74 bits per heavy atom. The number of ether oxygens (including phenoxy) is 1. The molecule has 1 amide bonds. The molecule has 3 aliphatic rings. The Bertz CT molecular complexity index is 1030. The van der Waals surface area contributed by atoms with Crippen molar-refractivity contribution in [2.75, 3.05) is 6.54 Å². The van der Waals surface area contributed by atoms with Crippen molar-refractivity contribution in [2.45, 2.75) is 6.42 Å². The molecule has 0 saturated carbocycles. The van der Waals surface area contributed by atoms with Crippen LogP contribution in [0.5, 0.6) is 11.5 Å². The van der Waals surface area contributed by atoms with E-state index < -0.39 is 0 Å². The number of amides is 1. The van der Waals surface area contributed by atoms with Gasteiger partial charge in [-0.2, -0.15) is 0 Å². The molecule has 27 heavy (non-hydrogen) atoms. The lowest BCUT2D eigenvalue weighted by Gasteiger charge is -2.27. The van der Waals surface area contributed by atoms with Gasteiger partial charge in [-0.05, 0) is 42.5 Å². The van der Waals surface area contributed by atoms with Crippen molar-refractivity contribution in [1.29, 1.82) is 0 Å². The second-order valence-electron chi connectivity index (χ2n) is 6.53. The summed E-state index contributed by atoms with van der Waals surface area (Å²) in [7, 11) is 0. The Kier molecular flexibility index (Phi) is 3.64. The summed E-state index contributed by atoms with van der Waals surface area (Å²) < 4.78 is 5.86. The zero-order valence-corrected chi connectivity index (χ0v) is 14.6. The zero-order valence-electron chi connectivity index (χ0n) is 14.6. The van der Waals surface area contributed by atoms with Crippen LogP contribution >= 0.6 is 0 Å². The first-order valence-corrected chi connectivity index (χ1v) is 8.89. The number of rotatable bonds is 3. The molecule has 0 fully saturated rings. The smallest absolute Gasteiger partial charge is 0.248 e. The molecule has 0 radical (unpaired) electrons. The number of hydrogen-bond acceptors (Lipinski definition) is 4. The summed E-state index contributed by atoms with van der Waals surface area (Å²) in [6, 6.07) is 17.6. The van der Waals surface area contributed by atoms with Gasteiger partial charge in [-0.15, -0.1) is 0 Å². The molecule has 132 valence electrons. The molecule has 0 bridgehead atoms. The van der Waals surface area contributed by atoms with E-state index in [1.165, 1.54) is 0 Å². The lowest BCUT2D eigenvalue weighted by Crippen LogP contribution is -2.31. The third kappa shape index (κ3) is 2.83. The highest BCUT2D eigenvalue weighted by Crippen LogP contribution is 2.34. The Labute approximate surface area is 157 Å². The molecule has 2 aromatic rings. The van der Waals surface area contributed by atoms with Crippen LogP contribution in [0, 0.1) is 0 Å². The van der Waals surface area contributed by atoms with Gasteiger partial charge in [0.25, 0.3) is 0 Å². The van der Waals surface area contributed by atoms with Crippen LogP contribution in [-0.2, 0) is 4.79 Å². The number of carbonyl (C=O) groups excluding carboxylic acids is 1. The van der Waals surface area contributed by atoms with Crippen LogP contribution in [-0.4, -0.2) is 23.2 Å². The van der Waals surface area contributed by atoms with Crippen molar-refractivity contribution in [3.8, 4) is 11.5 Å². The van der Waals surface area contributed by atoms with Crippen molar-refractivity contribution < 1.29 is 9.53 Å². The number of hydrogen-bond donors (Lipinski definition) is 1. The number of benzene rings is 2. The Balaban J connectivity index is 1.44. The number of nitrogens with zero attached hydrogens (tertiary/aromatic N) is 2. The van der Waals surface area contributed by atoms with Crippen LogP contribution < -0.4 is 10.1 Å². The third-order valence-electron chi connectivity index (χ3n) is 4.78. The minimum Gasteiger partial charge on any atom is -0.457 e. The predicted octanol–water partition coefficient (Wildman–Crippen LogP) is 3.73. The van der Waals surface area contributed by atoms with Crippen LogP contribution in [0.25, 0.3) is 0 Å². The lowest BCUT2D eigenvalue weighted by atomic mass is 10.1. The topological polar surface area (TPSA) is 53.9 Å². The molecule has 1 N–H and O–H groups in total. The number of carbonyl (C=O) groups is 1. The van der Waals surface area contributed by atoms with Gasteiger partial charge in [0.1, 0.15) is 17.3 Å². The molecule has 0 aromatic heterocycles. The molecule has 0 atom stereocenters. The Morgan fingerprint density at radius 3 is 2.56 bits per heavy atom. The second kappa shape index (κ2) is 6.29. The molecule has 5 heteroatoms. The molecule has 3 aliphatic heterocycles. The van der Waals surface area contributed by atoms with Gasteiger partial charge in [-0.3, -0.25) is 4.79 Å². The maximum atomic E-state index is 11.8. The Hall–Kier alpha value is -3.60. The van der Waals surface area contributed by atoms with Crippen molar-refractivity contribution in [1.82, 2.24) is 10.2 Å². The standard InChI is InChI=1S/C22H17N3O2/c26-20-11-8-16-14-23-22(25-13-12-19(24-20)21(16)25)15-6-9-18(10-7-15)27-17-4-2-1-3-5-17/h1-11,14H,12-13H2,(H,24,26). The second-order valence-corrected chi connectivity index (χ2v) is 6.53. The number of para-hydroxylation sites is 1. The first-order valence-electron chi connectivity index (χ1n) is 8.89. The summed E-state index contributed by atoms with van der Waals surface area (Å²) in [6.45, 7) is 0.803. The molecular weight excluding hydrogens is 338 g/mol. The van der Waals surface area contributed by atoms with E-state index in [0.717, 1.165) is 52.8 Å². The van der Waals surface area contributed by atoms with Crippen molar-refractivity contribution >= 4 is 11.7 Å². The molecule has 5 nitrogen and oxygen atoms in total. The van der Waals surface area contributed by atoms with Crippen molar-refractivity contribution in [3.63, 3.8) is 0 Å². The van der Waals surface area contributed by atoms with Gasteiger partial charge >= 0.3 is 0 Å². The molecule has 0 unspecified atom stereocenters. The fourth-order valence-corrected chi connectivity index (χ4v) is 3.55. The quantitative estimate of drug-likeness (QED) is 0.913. The molecule has 2 aromatic carbocycles. The summed E-state index contributed by atoms with van der Waals surface area (Å²) in [4.78, 5) is 18.7. The van der Waals surface area contributed by atoms with Crippen molar-refractivity contribution in [3.05, 3.63) is 95.5 Å². The summed E-state index contributed by atoms with van der Waals surface area (Å²) in [5.41, 5.74) is 3.99. The fourth-order valence-electron chi connectivity index (χ4n) is 3.55. The van der Waals surface area contributed by atoms with Gasteiger partial charge in [0, 0.05) is 42.1 Å². The SMILES string of the molecule is O=C1C=CC2=CN=C(c3ccc(Oc4ccccc4)cc3)N3CCC(=C23)N1. The molecule has 0 aliphatic carbocycles. The average Bonchev–Trinajstić information content (AvgIpc) is 3.04. The largest absolute Gasteiger partial charge is 0.457 e. The van der Waals surface area contributed by atoms with E-state index in [9.17, 15) is 4.79 Å². The zero-order chi connectivity index (χ0) is 18.2. The van der Waals surface area contributed by atoms with Gasteiger partial charge in [-0.25, -0.2) is 4.99 Å². The van der Waals surface area contributed by atoms with Gasteiger partial charge < -0.3 is 15.0 Å². The van der Waals surface area contributed by atoms with Crippen LogP contribution in [0.15, 0.2) is 94.9 Å². The van der Waals surface area contributed by atoms with E-state index in [1.807, 2.05) is 66.9 Å². The molecule has 0 spiro atoms. The minimum atomic E-state index is -0.0846. The summed E-state index contributed by atoms with van der Waals surface area (Å²) >= 11 is 0. The summed E-state index contributed by atoms with van der Waals surface area (Å²) in [6.07, 6.45) is 6.01. The highest BCUT2D eigenvalue weighted by molar-refractivity contribution is 6.03. The number of aliphatic imine (C=N–C) groups is 1. The first kappa shape index (κ1) is 15.6. The minimum absolute atomic E-state index is 0.0846. The average molecular weight is 355 g/mol. The Morgan fingerprint density at radius 1 is 0.963 bits per heavy atom. The number of amidine groups is 1. The van der Waals surface area contributed by atoms with Crippen molar-refractivity contribution in [2.24, 2.45) is 4.99 Å². The molecule has 3 heterocycles. The van der Waals surface area contributed by atoms with Gasteiger partial charge in [0.15, 0.2) is 0 Å². The van der Waals surface area contributed by atoms with E-state index in [-0.39, 0.29) is 5.91 Å². The van der Waals surface area contributed by atoms with Gasteiger partial charge in [0.2, 0.25) is 5.91 Å². The van der Waals surface area contributed by atoms with Gasteiger partial charge in [0.05, 0.1) is 5.70 Å². The number of nitrogens with one attached hydrogen (secondary N) is 1. The highest BCUT2D eigenvalue weighted by atomic mass is 16.5. The van der Waals surface area contributed by atoms with Crippen LogP contribution in [0.4, 0.5) is 0 Å². The third-order valence-corrected chi connectivity index (χ3v) is 4.78. The molecule has 5 rings (SSSR count). The maximum absolute atomic E-state index is 11.8. The van der Waals surface area contributed by atoms with E-state index in [4.69, 9.17) is 4.74 Å². The highest BCUT2D eigenvalue weighted by Gasteiger charge is 2.32. The molecule has 0 saturated heterocycles. The van der Waals surface area contributed by atoms with Crippen LogP contribution in [0.1, 0.15) is 12.0 Å². The fraction of sp³-hybridized carbons (Fsp3) is 0.0909. The van der Waals surface area contributed by atoms with Crippen LogP contribution in [0.2, 0.25) is 0 Å². The van der Waals surface area contributed by atoms with E-state index >= 15 is 0 Å². The monoisotopic (exact) mass is 355 g/mol. The van der Waals surface area contributed by atoms with E-state index in [2.05, 4.69) is 15.2 Å².